The average Bonchev–Trinajstić information content (AvgIpc) is 2.72. The Morgan fingerprint density at radius 1 is 1.16 bits per heavy atom. The Morgan fingerprint density at radius 3 is 2.74 bits per heavy atom. The minimum atomic E-state index is 0.206. The van der Waals surface area contributed by atoms with E-state index in [4.69, 9.17) is 16.3 Å². The summed E-state index contributed by atoms with van der Waals surface area (Å²) in [6, 6.07) is 9.83. The third-order valence-corrected chi connectivity index (χ3v) is 3.87. The van der Waals surface area contributed by atoms with E-state index in [1.54, 1.807) is 11.3 Å². The molecule has 0 saturated carbocycles. The van der Waals surface area contributed by atoms with Crippen LogP contribution in [0.1, 0.15) is 10.4 Å². The number of para-hydroxylation sites is 1. The molecule has 3 aromatic rings. The molecule has 0 aliphatic heterocycles. The Hall–Kier alpha value is -1.65. The second kappa shape index (κ2) is 4.79. The lowest BCUT2D eigenvalue weighted by atomic mass is 10.2. The van der Waals surface area contributed by atoms with Gasteiger partial charge in [-0.05, 0) is 43.1 Å². The van der Waals surface area contributed by atoms with Gasteiger partial charge in [0.1, 0.15) is 10.6 Å². The van der Waals surface area contributed by atoms with Gasteiger partial charge in [-0.3, -0.25) is 0 Å². The Bertz CT molecular complexity index is 754. The van der Waals surface area contributed by atoms with E-state index in [0.29, 0.717) is 5.88 Å². The van der Waals surface area contributed by atoms with Crippen molar-refractivity contribution in [3.8, 4) is 11.6 Å². The summed E-state index contributed by atoms with van der Waals surface area (Å²) >= 11 is 7.52. The standard InChI is InChI=1S/C14H11ClN2OS/c1-8-5-3-4-6-11(8)18-12-10-7-9(2)19-13(10)17-14(15)16-12/h3-7H,1-2H3. The topological polar surface area (TPSA) is 35.0 Å². The summed E-state index contributed by atoms with van der Waals surface area (Å²) in [5.74, 6) is 1.29. The molecule has 0 aliphatic rings. The Morgan fingerprint density at radius 2 is 1.95 bits per heavy atom. The van der Waals surface area contributed by atoms with Crippen LogP contribution in [0.3, 0.4) is 0 Å². The van der Waals surface area contributed by atoms with Crippen LogP contribution < -0.4 is 4.74 Å². The Balaban J connectivity index is 2.12. The van der Waals surface area contributed by atoms with Crippen LogP contribution >= 0.6 is 22.9 Å². The third-order valence-electron chi connectivity index (χ3n) is 2.75. The van der Waals surface area contributed by atoms with Gasteiger partial charge in [-0.25, -0.2) is 4.98 Å². The van der Waals surface area contributed by atoms with Crippen molar-refractivity contribution in [1.82, 2.24) is 9.97 Å². The van der Waals surface area contributed by atoms with Gasteiger partial charge in [0, 0.05) is 4.88 Å². The van der Waals surface area contributed by atoms with E-state index in [0.717, 1.165) is 26.4 Å². The van der Waals surface area contributed by atoms with Crippen LogP contribution in [0.15, 0.2) is 30.3 Å². The van der Waals surface area contributed by atoms with Crippen molar-refractivity contribution in [2.45, 2.75) is 13.8 Å². The molecular formula is C14H11ClN2OS. The quantitative estimate of drug-likeness (QED) is 0.639. The fourth-order valence-electron chi connectivity index (χ4n) is 1.84. The number of hydrogen-bond donors (Lipinski definition) is 0. The van der Waals surface area contributed by atoms with Crippen LogP contribution in [0.5, 0.6) is 11.6 Å². The highest BCUT2D eigenvalue weighted by Crippen LogP contribution is 2.34. The molecule has 0 saturated heterocycles. The predicted molar refractivity (Wildman–Crippen MR) is 78.4 cm³/mol. The number of ether oxygens (including phenoxy) is 1. The van der Waals surface area contributed by atoms with Crippen LogP contribution in [0.4, 0.5) is 0 Å². The molecule has 0 bridgehead atoms. The smallest absolute Gasteiger partial charge is 0.232 e. The van der Waals surface area contributed by atoms with Gasteiger partial charge < -0.3 is 4.74 Å². The summed E-state index contributed by atoms with van der Waals surface area (Å²) in [4.78, 5) is 10.4. The Labute approximate surface area is 119 Å². The zero-order valence-electron chi connectivity index (χ0n) is 10.5. The van der Waals surface area contributed by atoms with Crippen LogP contribution in [0, 0.1) is 13.8 Å². The van der Waals surface area contributed by atoms with Crippen molar-refractivity contribution in [3.05, 3.63) is 46.1 Å². The maximum absolute atomic E-state index is 5.94. The molecule has 0 aliphatic carbocycles. The zero-order valence-corrected chi connectivity index (χ0v) is 12.0. The number of halogens is 1. The molecule has 96 valence electrons. The average molecular weight is 291 g/mol. The first kappa shape index (κ1) is 12.4. The van der Waals surface area contributed by atoms with E-state index in [1.807, 2.05) is 44.2 Å². The Kier molecular flexibility index (Phi) is 3.12. The largest absolute Gasteiger partial charge is 0.438 e. The van der Waals surface area contributed by atoms with E-state index < -0.39 is 0 Å². The van der Waals surface area contributed by atoms with E-state index >= 15 is 0 Å². The number of aromatic nitrogens is 2. The maximum atomic E-state index is 5.94. The molecule has 0 N–H and O–H groups in total. The van der Waals surface area contributed by atoms with Crippen molar-refractivity contribution >= 4 is 33.2 Å². The van der Waals surface area contributed by atoms with Crippen molar-refractivity contribution in [2.24, 2.45) is 0 Å². The lowest BCUT2D eigenvalue weighted by Crippen LogP contribution is -1.92. The second-order valence-corrected chi connectivity index (χ2v) is 5.81. The van der Waals surface area contributed by atoms with Crippen LogP contribution in [-0.4, -0.2) is 9.97 Å². The molecule has 3 nitrogen and oxygen atoms in total. The monoisotopic (exact) mass is 290 g/mol. The number of rotatable bonds is 2. The van der Waals surface area contributed by atoms with Gasteiger partial charge in [0.15, 0.2) is 0 Å². The molecule has 0 radical (unpaired) electrons. The van der Waals surface area contributed by atoms with Gasteiger partial charge in [0.25, 0.3) is 0 Å². The van der Waals surface area contributed by atoms with E-state index in [1.165, 1.54) is 0 Å². The van der Waals surface area contributed by atoms with Crippen molar-refractivity contribution in [1.29, 1.82) is 0 Å². The summed E-state index contributed by atoms with van der Waals surface area (Å²) in [5.41, 5.74) is 1.05. The summed E-state index contributed by atoms with van der Waals surface area (Å²) in [7, 11) is 0. The summed E-state index contributed by atoms with van der Waals surface area (Å²) in [6.45, 7) is 4.02. The SMILES string of the molecule is Cc1cc2c(Oc3ccccc3C)nc(Cl)nc2s1. The molecule has 0 atom stereocenters. The lowest BCUT2D eigenvalue weighted by Gasteiger charge is -2.08. The van der Waals surface area contributed by atoms with Gasteiger partial charge >= 0.3 is 0 Å². The fraction of sp³-hybridized carbons (Fsp3) is 0.143. The minimum Gasteiger partial charge on any atom is -0.438 e. The van der Waals surface area contributed by atoms with E-state index in [9.17, 15) is 0 Å². The highest BCUT2D eigenvalue weighted by atomic mass is 35.5. The molecule has 1 aromatic carbocycles. The number of fused-ring (bicyclic) bond motifs is 1. The minimum absolute atomic E-state index is 0.206. The molecule has 3 rings (SSSR count). The summed E-state index contributed by atoms with van der Waals surface area (Å²) in [6.07, 6.45) is 0. The predicted octanol–water partition coefficient (Wildman–Crippen LogP) is 4.75. The molecule has 2 aromatic heterocycles. The highest BCUT2D eigenvalue weighted by molar-refractivity contribution is 7.18. The molecule has 0 fully saturated rings. The van der Waals surface area contributed by atoms with Crippen LogP contribution in [0.25, 0.3) is 10.2 Å². The number of nitrogens with zero attached hydrogens (tertiary/aromatic N) is 2. The molecule has 19 heavy (non-hydrogen) atoms. The first-order valence-corrected chi connectivity index (χ1v) is 7.00. The maximum Gasteiger partial charge on any atom is 0.232 e. The van der Waals surface area contributed by atoms with Crippen molar-refractivity contribution in [2.75, 3.05) is 0 Å². The number of hydrogen-bond acceptors (Lipinski definition) is 4. The molecule has 2 heterocycles. The van der Waals surface area contributed by atoms with E-state index in [-0.39, 0.29) is 5.28 Å². The molecule has 0 unspecified atom stereocenters. The van der Waals surface area contributed by atoms with Gasteiger partial charge in [-0.15, -0.1) is 11.3 Å². The first-order chi connectivity index (χ1) is 9.13. The van der Waals surface area contributed by atoms with Crippen molar-refractivity contribution < 1.29 is 4.74 Å². The lowest BCUT2D eigenvalue weighted by molar-refractivity contribution is 0.465. The zero-order chi connectivity index (χ0) is 13.4. The second-order valence-electron chi connectivity index (χ2n) is 4.24. The number of thiophene rings is 1. The third kappa shape index (κ3) is 2.41. The highest BCUT2D eigenvalue weighted by Gasteiger charge is 2.12. The van der Waals surface area contributed by atoms with Crippen LogP contribution in [0.2, 0.25) is 5.28 Å². The van der Waals surface area contributed by atoms with E-state index in [2.05, 4.69) is 9.97 Å². The van der Waals surface area contributed by atoms with Gasteiger partial charge in [0.2, 0.25) is 11.2 Å². The molecule has 5 heteroatoms. The fourth-order valence-corrected chi connectivity index (χ4v) is 2.93. The number of benzene rings is 1. The van der Waals surface area contributed by atoms with Gasteiger partial charge in [-0.1, -0.05) is 18.2 Å². The van der Waals surface area contributed by atoms with Gasteiger partial charge in [-0.2, -0.15) is 4.98 Å². The normalized spacial score (nSPS) is 10.9. The first-order valence-electron chi connectivity index (χ1n) is 5.80. The van der Waals surface area contributed by atoms with Crippen molar-refractivity contribution in [3.63, 3.8) is 0 Å². The van der Waals surface area contributed by atoms with Crippen LogP contribution in [-0.2, 0) is 0 Å². The summed E-state index contributed by atoms with van der Waals surface area (Å²) in [5, 5.41) is 1.10. The summed E-state index contributed by atoms with van der Waals surface area (Å²) < 4.78 is 5.89. The number of aryl methyl sites for hydroxylation is 2. The molecule has 0 amide bonds. The van der Waals surface area contributed by atoms with Gasteiger partial charge in [0.05, 0.1) is 5.39 Å². The molecular weight excluding hydrogens is 280 g/mol. The molecule has 0 spiro atoms.